The molecule has 1 fully saturated rings. The summed E-state index contributed by atoms with van der Waals surface area (Å²) in [5, 5.41) is 4.98. The van der Waals surface area contributed by atoms with Crippen molar-refractivity contribution in [2.75, 3.05) is 17.2 Å². The molecule has 1 aromatic rings. The summed E-state index contributed by atoms with van der Waals surface area (Å²) in [6.07, 6.45) is 1.73. The Morgan fingerprint density at radius 1 is 1.56 bits per heavy atom. The van der Waals surface area contributed by atoms with Gasteiger partial charge >= 0.3 is 0 Å². The van der Waals surface area contributed by atoms with E-state index in [9.17, 15) is 13.2 Å². The van der Waals surface area contributed by atoms with Gasteiger partial charge in [0.05, 0.1) is 5.75 Å². The van der Waals surface area contributed by atoms with Gasteiger partial charge in [0.15, 0.2) is 0 Å². The van der Waals surface area contributed by atoms with Crippen LogP contribution in [0.25, 0.3) is 0 Å². The molecule has 8 heteroatoms. The highest BCUT2D eigenvalue weighted by atomic mass is 32.2. The zero-order valence-corrected chi connectivity index (χ0v) is 10.7. The van der Waals surface area contributed by atoms with E-state index < -0.39 is 10.0 Å². The summed E-state index contributed by atoms with van der Waals surface area (Å²) in [7, 11) is -3.56. The highest BCUT2D eigenvalue weighted by molar-refractivity contribution is 7.89. The lowest BCUT2D eigenvalue weighted by molar-refractivity contribution is -0.117. The number of carbonyl (C=O) groups is 1. The fourth-order valence-electron chi connectivity index (χ4n) is 1.98. The Labute approximate surface area is 105 Å². The normalized spacial score (nSPS) is 20.4. The van der Waals surface area contributed by atoms with E-state index in [0.29, 0.717) is 12.5 Å². The van der Waals surface area contributed by atoms with Crippen LogP contribution in [0.4, 0.5) is 5.95 Å². The van der Waals surface area contributed by atoms with Gasteiger partial charge in [-0.2, -0.15) is 0 Å². The number of nitrogens with two attached hydrogens (primary N) is 1. The second kappa shape index (κ2) is 4.62. The van der Waals surface area contributed by atoms with Crippen LogP contribution < -0.4 is 10.0 Å². The smallest absolute Gasteiger partial charge is 0.232 e. The van der Waals surface area contributed by atoms with Gasteiger partial charge in [-0.3, -0.25) is 9.69 Å². The van der Waals surface area contributed by atoms with Crippen LogP contribution in [0.1, 0.15) is 12.1 Å². The molecule has 1 unspecified atom stereocenters. The number of amides is 1. The molecule has 1 atom stereocenters. The summed E-state index contributed by atoms with van der Waals surface area (Å²) in [5.74, 6) is -0.344. The minimum absolute atomic E-state index is 0.160. The predicted octanol–water partition coefficient (Wildman–Crippen LogP) is -0.574. The monoisotopic (exact) mass is 270 g/mol. The third kappa shape index (κ3) is 3.02. The van der Waals surface area contributed by atoms with Crippen LogP contribution in [0.5, 0.6) is 0 Å². The maximum atomic E-state index is 11.8. The number of anilines is 1. The van der Waals surface area contributed by atoms with Gasteiger partial charge in [0.25, 0.3) is 0 Å². The van der Waals surface area contributed by atoms with Crippen molar-refractivity contribution in [3.63, 3.8) is 0 Å². The second-order valence-corrected chi connectivity index (χ2v) is 6.06. The van der Waals surface area contributed by atoms with E-state index in [2.05, 4.69) is 9.97 Å². The van der Waals surface area contributed by atoms with Crippen LogP contribution in [0.15, 0.2) is 12.3 Å². The molecule has 18 heavy (non-hydrogen) atoms. The van der Waals surface area contributed by atoms with E-state index in [1.807, 2.05) is 0 Å². The average molecular weight is 270 g/mol. The van der Waals surface area contributed by atoms with Crippen LogP contribution in [-0.4, -0.2) is 36.6 Å². The molecule has 0 radical (unpaired) electrons. The number of aromatic nitrogens is 2. The zero-order valence-electron chi connectivity index (χ0n) is 9.91. The van der Waals surface area contributed by atoms with E-state index in [-0.39, 0.29) is 24.0 Å². The van der Waals surface area contributed by atoms with E-state index >= 15 is 0 Å². The molecule has 2 rings (SSSR count). The molecule has 0 aliphatic carbocycles. The Morgan fingerprint density at radius 3 is 2.89 bits per heavy atom. The fraction of sp³-hybridized carbons (Fsp3) is 0.500. The van der Waals surface area contributed by atoms with Crippen molar-refractivity contribution >= 4 is 21.9 Å². The largest absolute Gasteiger partial charge is 0.280 e. The quantitative estimate of drug-likeness (QED) is 0.791. The van der Waals surface area contributed by atoms with Crippen molar-refractivity contribution in [3.05, 3.63) is 18.0 Å². The molecule has 1 saturated heterocycles. The summed E-state index contributed by atoms with van der Waals surface area (Å²) >= 11 is 0. The first-order chi connectivity index (χ1) is 8.35. The second-order valence-electron chi connectivity index (χ2n) is 4.40. The number of nitrogens with zero attached hydrogens (tertiary/aromatic N) is 3. The number of primary sulfonamides is 1. The molecule has 98 valence electrons. The van der Waals surface area contributed by atoms with Crippen LogP contribution in [-0.2, 0) is 14.8 Å². The van der Waals surface area contributed by atoms with E-state index in [1.165, 1.54) is 4.90 Å². The topological polar surface area (TPSA) is 106 Å². The Morgan fingerprint density at radius 2 is 2.28 bits per heavy atom. The van der Waals surface area contributed by atoms with Gasteiger partial charge in [0.1, 0.15) is 0 Å². The van der Waals surface area contributed by atoms with Crippen molar-refractivity contribution in [3.8, 4) is 0 Å². The number of sulfonamides is 1. The van der Waals surface area contributed by atoms with Crippen LogP contribution in [0.2, 0.25) is 0 Å². The summed E-state index contributed by atoms with van der Waals surface area (Å²) in [4.78, 5) is 21.4. The maximum absolute atomic E-state index is 11.8. The molecule has 0 spiro atoms. The molecule has 1 aromatic heterocycles. The molecule has 2 heterocycles. The number of carbonyl (C=O) groups excluding carboxylic acids is 1. The van der Waals surface area contributed by atoms with Crippen molar-refractivity contribution in [2.45, 2.75) is 13.3 Å². The molecule has 0 saturated carbocycles. The summed E-state index contributed by atoms with van der Waals surface area (Å²) < 4.78 is 22.0. The minimum atomic E-state index is -3.56. The Kier molecular flexibility index (Phi) is 3.31. The lowest BCUT2D eigenvalue weighted by Crippen LogP contribution is -2.28. The van der Waals surface area contributed by atoms with Gasteiger partial charge in [-0.05, 0) is 13.0 Å². The third-order valence-corrected chi connectivity index (χ3v) is 3.63. The van der Waals surface area contributed by atoms with Crippen LogP contribution >= 0.6 is 0 Å². The first-order valence-electron chi connectivity index (χ1n) is 5.45. The number of hydrogen-bond donors (Lipinski definition) is 1. The van der Waals surface area contributed by atoms with Crippen molar-refractivity contribution in [1.29, 1.82) is 0 Å². The number of rotatable bonds is 3. The van der Waals surface area contributed by atoms with E-state index in [4.69, 9.17) is 5.14 Å². The Hall–Kier alpha value is -1.54. The van der Waals surface area contributed by atoms with Gasteiger partial charge in [0, 0.05) is 30.8 Å². The maximum Gasteiger partial charge on any atom is 0.232 e. The molecule has 1 amide bonds. The molecular weight excluding hydrogens is 256 g/mol. The molecule has 7 nitrogen and oxygen atoms in total. The van der Waals surface area contributed by atoms with Gasteiger partial charge in [0.2, 0.25) is 21.9 Å². The van der Waals surface area contributed by atoms with Crippen LogP contribution in [0.3, 0.4) is 0 Å². The first kappa shape index (κ1) is 12.9. The lowest BCUT2D eigenvalue weighted by Gasteiger charge is -2.14. The SMILES string of the molecule is Cc1ccnc(N2CC(CS(N)(=O)=O)CC2=O)n1. The molecular formula is C10H14N4O3S. The first-order valence-corrected chi connectivity index (χ1v) is 7.17. The standard InChI is InChI=1S/C10H14N4O3S/c1-7-2-3-12-10(13-7)14-5-8(4-9(14)15)6-18(11,16)17/h2-3,8H,4-6H2,1H3,(H2,11,16,17). The molecule has 0 bridgehead atoms. The highest BCUT2D eigenvalue weighted by Crippen LogP contribution is 2.22. The summed E-state index contributed by atoms with van der Waals surface area (Å²) in [6.45, 7) is 2.09. The van der Waals surface area contributed by atoms with E-state index in [1.54, 1.807) is 19.2 Å². The highest BCUT2D eigenvalue weighted by Gasteiger charge is 2.34. The number of hydrogen-bond acceptors (Lipinski definition) is 5. The van der Waals surface area contributed by atoms with Crippen molar-refractivity contribution < 1.29 is 13.2 Å². The minimum Gasteiger partial charge on any atom is -0.280 e. The third-order valence-electron chi connectivity index (χ3n) is 2.70. The van der Waals surface area contributed by atoms with Crippen molar-refractivity contribution in [2.24, 2.45) is 11.1 Å². The fourth-order valence-corrected chi connectivity index (χ4v) is 2.86. The van der Waals surface area contributed by atoms with Gasteiger partial charge in [-0.1, -0.05) is 0 Å². The number of aryl methyl sites for hydroxylation is 1. The molecule has 0 aromatic carbocycles. The van der Waals surface area contributed by atoms with Gasteiger partial charge in [-0.15, -0.1) is 0 Å². The average Bonchev–Trinajstić information content (AvgIpc) is 2.56. The van der Waals surface area contributed by atoms with Gasteiger partial charge < -0.3 is 0 Å². The van der Waals surface area contributed by atoms with Crippen LogP contribution in [0, 0.1) is 12.8 Å². The summed E-state index contributed by atoms with van der Waals surface area (Å²) in [6, 6.07) is 1.73. The molecule has 1 aliphatic rings. The molecule has 2 N–H and O–H groups in total. The van der Waals surface area contributed by atoms with E-state index in [0.717, 1.165) is 5.69 Å². The Balaban J connectivity index is 2.15. The van der Waals surface area contributed by atoms with Crippen molar-refractivity contribution in [1.82, 2.24) is 9.97 Å². The summed E-state index contributed by atoms with van der Waals surface area (Å²) in [5.41, 5.74) is 0.752. The van der Waals surface area contributed by atoms with Gasteiger partial charge in [-0.25, -0.2) is 23.5 Å². The Bertz CT molecular complexity index is 572. The zero-order chi connectivity index (χ0) is 13.3. The molecule has 1 aliphatic heterocycles. The predicted molar refractivity (Wildman–Crippen MR) is 65.2 cm³/mol. The lowest BCUT2D eigenvalue weighted by atomic mass is 10.1.